The lowest BCUT2D eigenvalue weighted by molar-refractivity contribution is -0.137. The highest BCUT2D eigenvalue weighted by molar-refractivity contribution is 7.90. The molecule has 0 aliphatic rings. The number of rotatable bonds is 5. The zero-order valence-electron chi connectivity index (χ0n) is 18.0. The van der Waals surface area contributed by atoms with Crippen molar-refractivity contribution in [2.24, 2.45) is 0 Å². The van der Waals surface area contributed by atoms with Crippen LogP contribution in [0.15, 0.2) is 53.4 Å². The first kappa shape index (κ1) is 25.3. The zero-order chi connectivity index (χ0) is 25.4. The Kier molecular flexibility index (Phi) is 6.81. The molecule has 1 aromatic heterocycles. The van der Waals surface area contributed by atoms with Gasteiger partial charge in [-0.15, -0.1) is 0 Å². The van der Waals surface area contributed by atoms with Gasteiger partial charge in [-0.1, -0.05) is 11.6 Å². The first-order valence-corrected chi connectivity index (χ1v) is 11.8. The maximum absolute atomic E-state index is 13.7. The van der Waals surface area contributed by atoms with Crippen LogP contribution in [-0.2, 0) is 20.8 Å². The number of sulfone groups is 1. The largest absolute Gasteiger partial charge is 0.418 e. The number of halogens is 4. The van der Waals surface area contributed by atoms with Crippen LogP contribution < -0.4 is 10.1 Å². The molecular formula is C22H18ClF3N2O5S. The Labute approximate surface area is 198 Å². The lowest BCUT2D eigenvalue weighted by Gasteiger charge is -2.17. The molecule has 0 fully saturated rings. The van der Waals surface area contributed by atoms with Crippen molar-refractivity contribution < 1.29 is 35.9 Å². The second-order valence-corrected chi connectivity index (χ2v) is 9.77. The van der Waals surface area contributed by atoms with Crippen molar-refractivity contribution >= 4 is 39.0 Å². The van der Waals surface area contributed by atoms with E-state index in [1.165, 1.54) is 37.3 Å². The number of esters is 1. The quantitative estimate of drug-likeness (QED) is 0.481. The second-order valence-electron chi connectivity index (χ2n) is 7.32. The van der Waals surface area contributed by atoms with Gasteiger partial charge in [-0.3, -0.25) is 14.2 Å². The number of hydrogen-bond donors (Lipinski definition) is 1. The summed E-state index contributed by atoms with van der Waals surface area (Å²) >= 11 is 5.76. The first-order valence-electron chi connectivity index (χ1n) is 9.58. The Balaban J connectivity index is 2.08. The first-order chi connectivity index (χ1) is 15.7. The fourth-order valence-electron chi connectivity index (χ4n) is 3.24. The van der Waals surface area contributed by atoms with E-state index in [4.69, 9.17) is 16.3 Å². The fourth-order valence-corrected chi connectivity index (χ4v) is 4.05. The molecule has 0 bridgehead atoms. The summed E-state index contributed by atoms with van der Waals surface area (Å²) in [6.07, 6.45) is -3.75. The summed E-state index contributed by atoms with van der Waals surface area (Å²) in [4.78, 5) is 24.6. The third-order valence-corrected chi connectivity index (χ3v) is 6.12. The highest BCUT2D eigenvalue weighted by Gasteiger charge is 2.36. The molecular weight excluding hydrogens is 497 g/mol. The molecule has 180 valence electrons. The minimum absolute atomic E-state index is 0.0485. The van der Waals surface area contributed by atoms with Gasteiger partial charge < -0.3 is 10.1 Å². The minimum atomic E-state index is -4.78. The van der Waals surface area contributed by atoms with Gasteiger partial charge in [-0.05, 0) is 49.4 Å². The molecule has 7 nitrogen and oxygen atoms in total. The van der Waals surface area contributed by atoms with Crippen LogP contribution in [0.3, 0.4) is 0 Å². The molecule has 3 aromatic rings. The Bertz CT molecular complexity index is 1380. The van der Waals surface area contributed by atoms with Gasteiger partial charge in [0.05, 0.1) is 21.7 Å². The van der Waals surface area contributed by atoms with E-state index in [2.05, 4.69) is 5.32 Å². The maximum Gasteiger partial charge on any atom is 0.418 e. The summed E-state index contributed by atoms with van der Waals surface area (Å²) in [5.41, 5.74) is -1.22. The van der Waals surface area contributed by atoms with Crippen molar-refractivity contribution in [1.82, 2.24) is 4.57 Å². The number of carbonyl (C=O) groups is 2. The van der Waals surface area contributed by atoms with E-state index in [9.17, 15) is 31.2 Å². The highest BCUT2D eigenvalue weighted by atomic mass is 35.5. The number of aromatic nitrogens is 1. The molecule has 1 amide bonds. The van der Waals surface area contributed by atoms with Crippen molar-refractivity contribution in [3.8, 4) is 11.6 Å². The van der Waals surface area contributed by atoms with Gasteiger partial charge in [0.2, 0.25) is 5.88 Å². The molecule has 1 N–H and O–H groups in total. The third-order valence-electron chi connectivity index (χ3n) is 4.75. The Hall–Kier alpha value is -3.31. The van der Waals surface area contributed by atoms with Crippen LogP contribution in [0.4, 0.5) is 18.9 Å². The number of hydrogen-bond acceptors (Lipinski definition) is 5. The molecule has 12 heteroatoms. The average molecular weight is 515 g/mol. The number of benzene rings is 2. The molecule has 2 aromatic carbocycles. The van der Waals surface area contributed by atoms with Crippen molar-refractivity contribution in [3.63, 3.8) is 0 Å². The number of carbonyl (C=O) groups excluding carboxylic acids is 2. The molecule has 3 rings (SSSR count). The monoisotopic (exact) mass is 514 g/mol. The van der Waals surface area contributed by atoms with Gasteiger partial charge in [0, 0.05) is 35.6 Å². The molecule has 34 heavy (non-hydrogen) atoms. The second kappa shape index (κ2) is 9.15. The topological polar surface area (TPSA) is 94.5 Å². The Morgan fingerprint density at radius 3 is 2.21 bits per heavy atom. The molecule has 0 saturated carbocycles. The Morgan fingerprint density at radius 2 is 1.68 bits per heavy atom. The maximum atomic E-state index is 13.7. The normalized spacial score (nSPS) is 11.9. The van der Waals surface area contributed by atoms with Crippen molar-refractivity contribution in [2.75, 3.05) is 11.6 Å². The van der Waals surface area contributed by atoms with Crippen molar-refractivity contribution in [2.45, 2.75) is 24.9 Å². The van der Waals surface area contributed by atoms with Crippen molar-refractivity contribution in [1.29, 1.82) is 0 Å². The van der Waals surface area contributed by atoms with Crippen LogP contribution in [0.5, 0.6) is 5.88 Å². The lowest BCUT2D eigenvalue weighted by Crippen LogP contribution is -2.15. The molecule has 0 saturated heterocycles. The number of alkyl halides is 3. The molecule has 0 unspecified atom stereocenters. The fraction of sp³-hybridized carbons (Fsp3) is 0.182. The zero-order valence-corrected chi connectivity index (χ0v) is 19.6. The van der Waals surface area contributed by atoms with Gasteiger partial charge in [0.1, 0.15) is 0 Å². The standard InChI is InChI=1S/C22H18ClF3N2O5S/c1-12-17(21(30)27-15-5-7-16(8-6-15)34(3,31)32)11-20(33-13(2)29)28(12)19-9-4-14(23)10-18(19)22(24,25)26/h4-11H,1-3H3,(H,27,30). The third kappa shape index (κ3) is 5.42. The molecule has 1 heterocycles. The van der Waals surface area contributed by atoms with Crippen LogP contribution in [0.25, 0.3) is 5.69 Å². The summed E-state index contributed by atoms with van der Waals surface area (Å²) in [6.45, 7) is 2.46. The van der Waals surface area contributed by atoms with Crippen LogP contribution in [0, 0.1) is 6.92 Å². The van der Waals surface area contributed by atoms with Gasteiger partial charge >= 0.3 is 12.1 Å². The highest BCUT2D eigenvalue weighted by Crippen LogP contribution is 2.39. The van der Waals surface area contributed by atoms with E-state index >= 15 is 0 Å². The van der Waals surface area contributed by atoms with E-state index in [0.717, 1.165) is 35.9 Å². The predicted octanol–water partition coefficient (Wildman–Crippen LogP) is 5.04. The van der Waals surface area contributed by atoms with E-state index in [-0.39, 0.29) is 38.4 Å². The van der Waals surface area contributed by atoms with Gasteiger partial charge in [-0.25, -0.2) is 8.42 Å². The van der Waals surface area contributed by atoms with Crippen LogP contribution >= 0.6 is 11.6 Å². The van der Waals surface area contributed by atoms with E-state index in [0.29, 0.717) is 0 Å². The van der Waals surface area contributed by atoms with Gasteiger partial charge in [-0.2, -0.15) is 13.2 Å². The van der Waals surface area contributed by atoms with E-state index in [1.54, 1.807) is 0 Å². The number of nitrogens with zero attached hydrogens (tertiary/aromatic N) is 1. The minimum Gasteiger partial charge on any atom is -0.409 e. The average Bonchev–Trinajstić information content (AvgIpc) is 3.02. The molecule has 0 atom stereocenters. The number of ether oxygens (including phenoxy) is 1. The molecule has 0 radical (unpaired) electrons. The molecule has 0 aliphatic heterocycles. The SMILES string of the molecule is CC(=O)Oc1cc(C(=O)Nc2ccc(S(C)(=O)=O)cc2)c(C)n1-c1ccc(Cl)cc1C(F)(F)F. The smallest absolute Gasteiger partial charge is 0.409 e. The summed E-state index contributed by atoms with van der Waals surface area (Å²) in [5, 5.41) is 2.40. The summed E-state index contributed by atoms with van der Waals surface area (Å²) in [6, 6.07) is 9.57. The van der Waals surface area contributed by atoms with Crippen LogP contribution in [0.2, 0.25) is 5.02 Å². The molecule has 0 spiro atoms. The number of amides is 1. The summed E-state index contributed by atoms with van der Waals surface area (Å²) in [7, 11) is -3.44. The predicted molar refractivity (Wildman–Crippen MR) is 119 cm³/mol. The van der Waals surface area contributed by atoms with Crippen molar-refractivity contribution in [3.05, 3.63) is 70.4 Å². The Morgan fingerprint density at radius 1 is 1.06 bits per heavy atom. The summed E-state index contributed by atoms with van der Waals surface area (Å²) in [5.74, 6) is -1.81. The van der Waals surface area contributed by atoms with E-state index in [1.807, 2.05) is 0 Å². The number of anilines is 1. The van der Waals surface area contributed by atoms with Crippen LogP contribution in [0.1, 0.15) is 28.5 Å². The summed E-state index contributed by atoms with van der Waals surface area (Å²) < 4.78 is 70.4. The number of nitrogens with one attached hydrogen (secondary N) is 1. The molecule has 0 aliphatic carbocycles. The van der Waals surface area contributed by atoms with E-state index < -0.39 is 33.5 Å². The van der Waals surface area contributed by atoms with Crippen LogP contribution in [-0.4, -0.2) is 31.1 Å². The van der Waals surface area contributed by atoms with Gasteiger partial charge in [0.15, 0.2) is 9.84 Å². The lowest BCUT2D eigenvalue weighted by atomic mass is 10.1. The van der Waals surface area contributed by atoms with Gasteiger partial charge in [0.25, 0.3) is 5.91 Å².